The zero-order chi connectivity index (χ0) is 22.8. The number of rotatable bonds is 5. The number of hydrogen-bond donors (Lipinski definition) is 2. The van der Waals surface area contributed by atoms with Crippen molar-refractivity contribution < 1.29 is 27.5 Å². The number of alkyl halides is 3. The van der Waals surface area contributed by atoms with Crippen molar-refractivity contribution in [3.63, 3.8) is 0 Å². The molecule has 3 N–H and O–H groups in total. The topological polar surface area (TPSA) is 110 Å². The Labute approximate surface area is 175 Å². The molecular weight excluding hydrogens is 415 g/mol. The van der Waals surface area contributed by atoms with E-state index in [9.17, 15) is 22.8 Å². The van der Waals surface area contributed by atoms with Crippen LogP contribution in [0.25, 0.3) is 0 Å². The third-order valence-corrected chi connectivity index (χ3v) is 4.69. The van der Waals surface area contributed by atoms with E-state index in [1.165, 1.54) is 17.0 Å². The van der Waals surface area contributed by atoms with Gasteiger partial charge in [0.25, 0.3) is 5.91 Å². The van der Waals surface area contributed by atoms with Crippen LogP contribution in [0.4, 0.5) is 18.9 Å². The molecule has 1 aliphatic rings. The van der Waals surface area contributed by atoms with Crippen molar-refractivity contribution in [2.75, 3.05) is 19.0 Å². The highest BCUT2D eigenvalue weighted by Crippen LogP contribution is 2.34. The molecule has 8 nitrogen and oxygen atoms in total. The third kappa shape index (κ3) is 5.30. The van der Waals surface area contributed by atoms with Gasteiger partial charge in [-0.1, -0.05) is 12.1 Å². The van der Waals surface area contributed by atoms with Crippen molar-refractivity contribution in [2.45, 2.75) is 25.1 Å². The summed E-state index contributed by atoms with van der Waals surface area (Å²) in [6.45, 7) is 0.323. The molecule has 1 aliphatic heterocycles. The number of anilines is 1. The molecule has 1 atom stereocenters. The summed E-state index contributed by atoms with van der Waals surface area (Å²) in [5.74, 6) is -0.745. The highest BCUT2D eigenvalue weighted by atomic mass is 19.4. The second kappa shape index (κ2) is 8.25. The van der Waals surface area contributed by atoms with Crippen molar-refractivity contribution in [2.24, 2.45) is 10.7 Å². The van der Waals surface area contributed by atoms with Crippen molar-refractivity contribution in [1.29, 1.82) is 0 Å². The third-order valence-electron chi connectivity index (χ3n) is 4.69. The number of hydrogen-bond acceptors (Lipinski definition) is 6. The maximum Gasteiger partial charge on any atom is 0.422 e. The Hall–Kier alpha value is -3.63. The second-order valence-corrected chi connectivity index (χ2v) is 7.19. The number of carbonyl (C=O) groups is 2. The first kappa shape index (κ1) is 22.1. The largest absolute Gasteiger partial charge is 0.483 e. The summed E-state index contributed by atoms with van der Waals surface area (Å²) in [7, 11) is 1.55. The Morgan fingerprint density at radius 3 is 2.68 bits per heavy atom. The maximum atomic E-state index is 12.5. The number of carbonyl (C=O) groups excluding carboxylic acids is 2. The zero-order valence-corrected chi connectivity index (χ0v) is 16.7. The van der Waals surface area contributed by atoms with E-state index >= 15 is 0 Å². The van der Waals surface area contributed by atoms with E-state index in [1.807, 2.05) is 0 Å². The summed E-state index contributed by atoms with van der Waals surface area (Å²) in [4.78, 5) is 34.2. The molecule has 0 saturated carbocycles. The number of aromatic nitrogens is 1. The van der Waals surface area contributed by atoms with Gasteiger partial charge in [-0.25, -0.2) is 9.98 Å². The summed E-state index contributed by atoms with van der Waals surface area (Å²) in [5, 5.41) is 2.66. The lowest BCUT2D eigenvalue weighted by molar-refractivity contribution is -0.153. The predicted octanol–water partition coefficient (Wildman–Crippen LogP) is 2.67. The molecule has 31 heavy (non-hydrogen) atoms. The van der Waals surface area contributed by atoms with Crippen LogP contribution in [-0.2, 0) is 10.3 Å². The van der Waals surface area contributed by atoms with Crippen molar-refractivity contribution >= 4 is 23.5 Å². The van der Waals surface area contributed by atoms with Crippen LogP contribution in [0.15, 0.2) is 47.6 Å². The lowest BCUT2D eigenvalue weighted by Crippen LogP contribution is -2.47. The average molecular weight is 435 g/mol. The van der Waals surface area contributed by atoms with Gasteiger partial charge in [0.15, 0.2) is 12.6 Å². The molecule has 0 aliphatic carbocycles. The summed E-state index contributed by atoms with van der Waals surface area (Å²) >= 11 is 0. The number of ether oxygens (including phenoxy) is 1. The van der Waals surface area contributed by atoms with E-state index in [0.717, 1.165) is 6.20 Å². The van der Waals surface area contributed by atoms with Gasteiger partial charge < -0.3 is 15.8 Å². The first-order valence-electron chi connectivity index (χ1n) is 9.16. The predicted molar refractivity (Wildman–Crippen MR) is 107 cm³/mol. The van der Waals surface area contributed by atoms with Gasteiger partial charge in [0.05, 0.1) is 18.2 Å². The van der Waals surface area contributed by atoms with Crippen LogP contribution in [-0.4, -0.2) is 47.5 Å². The molecule has 2 heterocycles. The molecule has 3 rings (SSSR count). The monoisotopic (exact) mass is 435 g/mol. The number of nitrogens with one attached hydrogen (secondary N) is 1. The van der Waals surface area contributed by atoms with E-state index in [0.29, 0.717) is 11.3 Å². The number of halogens is 3. The number of guanidine groups is 1. The Morgan fingerprint density at radius 1 is 1.32 bits per heavy atom. The fourth-order valence-corrected chi connectivity index (χ4v) is 2.97. The van der Waals surface area contributed by atoms with Crippen LogP contribution in [0.3, 0.4) is 0 Å². The standard InChI is InChI=1S/C20H20F3N5O3/c1-19(9-16(29)28(2)18(24)27-19)12-4-3-5-13(8-12)26-17(30)15-7-6-14(10-25-15)31-11-20(21,22)23/h3-8,10H,9,11H2,1-2H3,(H2,24,27)(H,26,30)/t19-/m0/s1. The number of aliphatic imine (C=N–C) groups is 1. The van der Waals surface area contributed by atoms with Gasteiger partial charge in [-0.15, -0.1) is 0 Å². The zero-order valence-electron chi connectivity index (χ0n) is 16.7. The van der Waals surface area contributed by atoms with Crippen molar-refractivity contribution in [3.05, 3.63) is 53.9 Å². The van der Waals surface area contributed by atoms with E-state index in [4.69, 9.17) is 5.73 Å². The summed E-state index contributed by atoms with van der Waals surface area (Å²) in [5.41, 5.74) is 6.06. The lowest BCUT2D eigenvalue weighted by Gasteiger charge is -2.33. The Bertz CT molecular complexity index is 1020. The first-order chi connectivity index (χ1) is 14.5. The Kier molecular flexibility index (Phi) is 5.87. The molecule has 0 unspecified atom stereocenters. The molecule has 0 spiro atoms. The highest BCUT2D eigenvalue weighted by Gasteiger charge is 2.36. The van der Waals surface area contributed by atoms with E-state index in [2.05, 4.69) is 20.0 Å². The molecule has 2 aromatic rings. The van der Waals surface area contributed by atoms with Crippen LogP contribution >= 0.6 is 0 Å². The summed E-state index contributed by atoms with van der Waals surface area (Å²) in [6, 6.07) is 9.28. The molecule has 0 saturated heterocycles. The van der Waals surface area contributed by atoms with Gasteiger partial charge >= 0.3 is 6.18 Å². The molecule has 0 fully saturated rings. The quantitative estimate of drug-likeness (QED) is 0.751. The van der Waals surface area contributed by atoms with Gasteiger partial charge in [-0.3, -0.25) is 14.5 Å². The number of nitrogens with two attached hydrogens (primary N) is 1. The minimum atomic E-state index is -4.47. The molecule has 1 aromatic carbocycles. The molecule has 0 bridgehead atoms. The number of pyridine rings is 1. The molecule has 164 valence electrons. The van der Waals surface area contributed by atoms with Gasteiger partial charge in [-0.2, -0.15) is 13.2 Å². The van der Waals surface area contributed by atoms with E-state index in [-0.39, 0.29) is 29.7 Å². The fourth-order valence-electron chi connectivity index (χ4n) is 2.97. The van der Waals surface area contributed by atoms with Crippen LogP contribution in [0, 0.1) is 0 Å². The van der Waals surface area contributed by atoms with E-state index in [1.54, 1.807) is 38.2 Å². The Morgan fingerprint density at radius 2 is 2.06 bits per heavy atom. The number of benzene rings is 1. The average Bonchev–Trinajstić information content (AvgIpc) is 2.70. The van der Waals surface area contributed by atoms with Crippen molar-refractivity contribution in [3.8, 4) is 5.75 Å². The minimum absolute atomic E-state index is 0.00675. The number of nitrogens with zero attached hydrogens (tertiary/aromatic N) is 3. The fraction of sp³-hybridized carbons (Fsp3) is 0.300. The molecule has 11 heteroatoms. The van der Waals surface area contributed by atoms with Gasteiger partial charge in [0.2, 0.25) is 5.91 Å². The second-order valence-electron chi connectivity index (χ2n) is 7.19. The van der Waals surface area contributed by atoms with Gasteiger partial charge in [0, 0.05) is 12.7 Å². The molecular formula is C20H20F3N5O3. The summed E-state index contributed by atoms with van der Waals surface area (Å²) < 4.78 is 41.2. The lowest BCUT2D eigenvalue weighted by atomic mass is 9.87. The van der Waals surface area contributed by atoms with Crippen LogP contribution < -0.4 is 15.8 Å². The minimum Gasteiger partial charge on any atom is -0.483 e. The highest BCUT2D eigenvalue weighted by molar-refractivity contribution is 6.03. The summed E-state index contributed by atoms with van der Waals surface area (Å²) in [6.07, 6.45) is -3.31. The SMILES string of the molecule is CN1C(=O)C[C@@](C)(c2cccc(NC(=O)c3ccc(OCC(F)(F)F)cn3)c2)N=C1N. The normalized spacial score (nSPS) is 19.1. The van der Waals surface area contributed by atoms with Crippen LogP contribution in [0.2, 0.25) is 0 Å². The van der Waals surface area contributed by atoms with Gasteiger partial charge in [-0.05, 0) is 36.8 Å². The van der Waals surface area contributed by atoms with Crippen LogP contribution in [0.5, 0.6) is 5.75 Å². The Balaban J connectivity index is 1.72. The molecule has 1 aromatic heterocycles. The molecule has 2 amide bonds. The van der Waals surface area contributed by atoms with E-state index < -0.39 is 24.2 Å². The van der Waals surface area contributed by atoms with Crippen molar-refractivity contribution in [1.82, 2.24) is 9.88 Å². The molecule has 0 radical (unpaired) electrons. The smallest absolute Gasteiger partial charge is 0.422 e. The first-order valence-corrected chi connectivity index (χ1v) is 9.16. The number of amides is 2. The maximum absolute atomic E-state index is 12.5. The van der Waals surface area contributed by atoms with Gasteiger partial charge in [0.1, 0.15) is 11.4 Å². The van der Waals surface area contributed by atoms with Crippen LogP contribution in [0.1, 0.15) is 29.4 Å².